The van der Waals surface area contributed by atoms with Crippen LogP contribution in [0.5, 0.6) is 5.75 Å². The zero-order valence-electron chi connectivity index (χ0n) is 9.83. The lowest BCUT2D eigenvalue weighted by Crippen LogP contribution is -2.35. The van der Waals surface area contributed by atoms with Gasteiger partial charge in [0.1, 0.15) is 6.04 Å². The SMILES string of the molecule is CNC(CCOc1ccccc1[N+](=O)[O-])C(=O)O. The average molecular weight is 254 g/mol. The summed E-state index contributed by atoms with van der Waals surface area (Å²) in [6.45, 7) is 0.0860. The smallest absolute Gasteiger partial charge is 0.320 e. The Kier molecular flexibility index (Phi) is 5.06. The number of carboxylic acid groups (broad SMARTS) is 1. The Morgan fingerprint density at radius 1 is 1.56 bits per heavy atom. The number of aliphatic carboxylic acids is 1. The minimum Gasteiger partial charge on any atom is -0.487 e. The maximum atomic E-state index is 10.7. The molecule has 0 saturated heterocycles. The van der Waals surface area contributed by atoms with Gasteiger partial charge >= 0.3 is 11.7 Å². The van der Waals surface area contributed by atoms with E-state index < -0.39 is 16.9 Å². The van der Waals surface area contributed by atoms with Crippen molar-refractivity contribution in [3.8, 4) is 5.75 Å². The van der Waals surface area contributed by atoms with Gasteiger partial charge in [0, 0.05) is 12.5 Å². The number of nitrogens with zero attached hydrogens (tertiary/aromatic N) is 1. The van der Waals surface area contributed by atoms with Crippen LogP contribution in [0.15, 0.2) is 24.3 Å². The van der Waals surface area contributed by atoms with Crippen molar-refractivity contribution in [2.75, 3.05) is 13.7 Å². The van der Waals surface area contributed by atoms with Gasteiger partial charge in [-0.05, 0) is 13.1 Å². The molecule has 18 heavy (non-hydrogen) atoms. The third-order valence-corrected chi connectivity index (χ3v) is 2.37. The number of ether oxygens (including phenoxy) is 1. The number of carboxylic acids is 1. The summed E-state index contributed by atoms with van der Waals surface area (Å²) < 4.78 is 5.24. The number of nitro benzene ring substituents is 1. The van der Waals surface area contributed by atoms with Crippen LogP contribution >= 0.6 is 0 Å². The van der Waals surface area contributed by atoms with Gasteiger partial charge in [0.05, 0.1) is 11.5 Å². The summed E-state index contributed by atoms with van der Waals surface area (Å²) in [6.07, 6.45) is 0.220. The molecule has 2 N–H and O–H groups in total. The summed E-state index contributed by atoms with van der Waals surface area (Å²) >= 11 is 0. The lowest BCUT2D eigenvalue weighted by Gasteiger charge is -2.11. The number of likely N-dealkylation sites (N-methyl/N-ethyl adjacent to an activating group) is 1. The second-order valence-electron chi connectivity index (χ2n) is 3.54. The zero-order valence-corrected chi connectivity index (χ0v) is 9.83. The van der Waals surface area contributed by atoms with Crippen LogP contribution in [0.4, 0.5) is 5.69 Å². The van der Waals surface area contributed by atoms with Gasteiger partial charge in [-0.25, -0.2) is 0 Å². The topological polar surface area (TPSA) is 102 Å². The summed E-state index contributed by atoms with van der Waals surface area (Å²) in [7, 11) is 1.53. The van der Waals surface area contributed by atoms with E-state index in [0.29, 0.717) is 0 Å². The van der Waals surface area contributed by atoms with Crippen molar-refractivity contribution in [3.05, 3.63) is 34.4 Å². The second-order valence-corrected chi connectivity index (χ2v) is 3.54. The molecule has 0 bridgehead atoms. The number of carbonyl (C=O) groups is 1. The first kappa shape index (κ1) is 13.9. The Morgan fingerprint density at radius 3 is 2.78 bits per heavy atom. The predicted molar refractivity (Wildman–Crippen MR) is 63.7 cm³/mol. The van der Waals surface area contributed by atoms with E-state index in [-0.39, 0.29) is 24.5 Å². The van der Waals surface area contributed by atoms with Crippen molar-refractivity contribution in [2.24, 2.45) is 0 Å². The van der Waals surface area contributed by atoms with Gasteiger partial charge in [-0.2, -0.15) is 0 Å². The summed E-state index contributed by atoms with van der Waals surface area (Å²) in [5.41, 5.74) is -0.131. The van der Waals surface area contributed by atoms with E-state index in [1.165, 1.54) is 19.2 Å². The first-order valence-corrected chi connectivity index (χ1v) is 5.32. The number of nitro groups is 1. The van der Waals surface area contributed by atoms with Crippen molar-refractivity contribution in [1.29, 1.82) is 0 Å². The van der Waals surface area contributed by atoms with E-state index in [9.17, 15) is 14.9 Å². The Bertz CT molecular complexity index is 435. The van der Waals surface area contributed by atoms with E-state index in [4.69, 9.17) is 9.84 Å². The number of nitrogens with one attached hydrogen (secondary N) is 1. The fourth-order valence-electron chi connectivity index (χ4n) is 1.41. The van der Waals surface area contributed by atoms with E-state index >= 15 is 0 Å². The van der Waals surface area contributed by atoms with Crippen LogP contribution in [0.3, 0.4) is 0 Å². The highest BCUT2D eigenvalue weighted by Crippen LogP contribution is 2.25. The van der Waals surface area contributed by atoms with E-state index in [2.05, 4.69) is 5.32 Å². The summed E-state index contributed by atoms with van der Waals surface area (Å²) in [5.74, 6) is -0.841. The summed E-state index contributed by atoms with van der Waals surface area (Å²) in [5, 5.41) is 22.1. The van der Waals surface area contributed by atoms with Gasteiger partial charge < -0.3 is 15.2 Å². The Morgan fingerprint density at radius 2 is 2.22 bits per heavy atom. The first-order chi connectivity index (χ1) is 8.56. The fourth-order valence-corrected chi connectivity index (χ4v) is 1.41. The molecule has 0 amide bonds. The van der Waals surface area contributed by atoms with Gasteiger partial charge in [-0.15, -0.1) is 0 Å². The molecule has 1 aromatic carbocycles. The first-order valence-electron chi connectivity index (χ1n) is 5.32. The predicted octanol–water partition coefficient (Wildman–Crippen LogP) is 1.04. The van der Waals surface area contributed by atoms with Gasteiger partial charge in [0.15, 0.2) is 5.75 Å². The second kappa shape index (κ2) is 6.55. The van der Waals surface area contributed by atoms with Crippen molar-refractivity contribution in [1.82, 2.24) is 5.32 Å². The molecule has 7 heteroatoms. The molecule has 7 nitrogen and oxygen atoms in total. The maximum Gasteiger partial charge on any atom is 0.320 e. The van der Waals surface area contributed by atoms with Gasteiger partial charge in [0.25, 0.3) is 0 Å². The molecule has 0 spiro atoms. The quantitative estimate of drug-likeness (QED) is 0.556. The lowest BCUT2D eigenvalue weighted by atomic mass is 10.2. The van der Waals surface area contributed by atoms with Crippen molar-refractivity contribution >= 4 is 11.7 Å². The molecule has 1 unspecified atom stereocenters. The standard InChI is InChI=1S/C11H14N2O5/c1-12-8(11(14)15)6-7-18-10-5-3-2-4-9(10)13(16)17/h2-5,8,12H,6-7H2,1H3,(H,14,15). The monoisotopic (exact) mass is 254 g/mol. The largest absolute Gasteiger partial charge is 0.487 e. The van der Waals surface area contributed by atoms with Gasteiger partial charge in [-0.1, -0.05) is 12.1 Å². The lowest BCUT2D eigenvalue weighted by molar-refractivity contribution is -0.385. The van der Waals surface area contributed by atoms with Crippen LogP contribution < -0.4 is 10.1 Å². The summed E-state index contributed by atoms with van der Waals surface area (Å²) in [4.78, 5) is 20.9. The Labute approximate surface area is 104 Å². The third kappa shape index (κ3) is 3.70. The number of para-hydroxylation sites is 2. The van der Waals surface area contributed by atoms with Crippen molar-refractivity contribution in [3.63, 3.8) is 0 Å². The molecule has 0 aromatic heterocycles. The van der Waals surface area contributed by atoms with Gasteiger partial charge in [0.2, 0.25) is 0 Å². The highest BCUT2D eigenvalue weighted by molar-refractivity contribution is 5.73. The van der Waals surface area contributed by atoms with E-state index in [1.54, 1.807) is 12.1 Å². The van der Waals surface area contributed by atoms with Crippen LogP contribution in [0.1, 0.15) is 6.42 Å². The van der Waals surface area contributed by atoms with Crippen LogP contribution in [0.2, 0.25) is 0 Å². The molecule has 1 rings (SSSR count). The molecular formula is C11H14N2O5. The maximum absolute atomic E-state index is 10.7. The van der Waals surface area contributed by atoms with Crippen LogP contribution in [0, 0.1) is 10.1 Å². The normalized spacial score (nSPS) is 11.8. The van der Waals surface area contributed by atoms with E-state index in [1.807, 2.05) is 0 Å². The highest BCUT2D eigenvalue weighted by atomic mass is 16.6. The van der Waals surface area contributed by atoms with Crippen LogP contribution in [-0.2, 0) is 4.79 Å². The van der Waals surface area contributed by atoms with Crippen molar-refractivity contribution in [2.45, 2.75) is 12.5 Å². The molecule has 0 heterocycles. The number of hydrogen-bond donors (Lipinski definition) is 2. The van der Waals surface area contributed by atoms with Gasteiger partial charge in [-0.3, -0.25) is 14.9 Å². The Hall–Kier alpha value is -2.15. The minimum absolute atomic E-state index is 0.0860. The molecule has 0 aliphatic rings. The molecule has 0 radical (unpaired) electrons. The Balaban J connectivity index is 2.59. The number of benzene rings is 1. The molecule has 1 aromatic rings. The molecule has 1 atom stereocenters. The van der Waals surface area contributed by atoms with E-state index in [0.717, 1.165) is 0 Å². The molecule has 0 saturated carbocycles. The average Bonchev–Trinajstić information content (AvgIpc) is 2.34. The number of rotatable bonds is 7. The highest BCUT2D eigenvalue weighted by Gasteiger charge is 2.17. The van der Waals surface area contributed by atoms with Crippen molar-refractivity contribution < 1.29 is 19.6 Å². The molecule has 98 valence electrons. The van der Waals surface area contributed by atoms with Crippen LogP contribution in [0.25, 0.3) is 0 Å². The number of hydrogen-bond acceptors (Lipinski definition) is 5. The molecule has 0 aliphatic carbocycles. The molecule has 0 aliphatic heterocycles. The summed E-state index contributed by atoms with van der Waals surface area (Å²) in [6, 6.07) is 5.25. The fraction of sp³-hybridized carbons (Fsp3) is 0.364. The molecule has 0 fully saturated rings. The van der Waals surface area contributed by atoms with Crippen LogP contribution in [-0.4, -0.2) is 35.7 Å². The third-order valence-electron chi connectivity index (χ3n) is 2.37. The zero-order chi connectivity index (χ0) is 13.5. The minimum atomic E-state index is -0.983. The molecular weight excluding hydrogens is 240 g/mol.